The molecule has 0 radical (unpaired) electrons. The molecule has 0 amide bonds. The van der Waals surface area contributed by atoms with Crippen LogP contribution in [0.3, 0.4) is 0 Å². The standard InChI is InChI=1S/C12H18ClNS/c1-12(7-3-2-4-8-14-12)9-10-5-6-11(13)15-10/h5-6,14H,2-4,7-9H2,1H3. The highest BCUT2D eigenvalue weighted by atomic mass is 35.5. The molecule has 1 atom stereocenters. The largest absolute Gasteiger partial charge is 0.311 e. The van der Waals surface area contributed by atoms with E-state index in [1.54, 1.807) is 11.3 Å². The van der Waals surface area contributed by atoms with E-state index in [1.807, 2.05) is 6.07 Å². The molecule has 3 heteroatoms. The smallest absolute Gasteiger partial charge is 0.0931 e. The van der Waals surface area contributed by atoms with E-state index in [1.165, 1.54) is 30.6 Å². The van der Waals surface area contributed by atoms with Crippen LogP contribution in [-0.4, -0.2) is 12.1 Å². The monoisotopic (exact) mass is 243 g/mol. The molecule has 1 nitrogen and oxygen atoms in total. The van der Waals surface area contributed by atoms with Gasteiger partial charge in [0.2, 0.25) is 0 Å². The van der Waals surface area contributed by atoms with Crippen molar-refractivity contribution in [2.45, 2.75) is 44.6 Å². The summed E-state index contributed by atoms with van der Waals surface area (Å²) < 4.78 is 0.905. The molecule has 1 N–H and O–H groups in total. The van der Waals surface area contributed by atoms with Gasteiger partial charge in [-0.25, -0.2) is 0 Å². The fourth-order valence-corrected chi connectivity index (χ4v) is 3.55. The van der Waals surface area contributed by atoms with Crippen LogP contribution in [0.25, 0.3) is 0 Å². The lowest BCUT2D eigenvalue weighted by molar-refractivity contribution is 0.348. The predicted molar refractivity (Wildman–Crippen MR) is 67.9 cm³/mol. The van der Waals surface area contributed by atoms with Crippen LogP contribution in [0.4, 0.5) is 0 Å². The van der Waals surface area contributed by atoms with Crippen molar-refractivity contribution in [3.05, 3.63) is 21.3 Å². The van der Waals surface area contributed by atoms with Crippen molar-refractivity contribution in [1.29, 1.82) is 0 Å². The van der Waals surface area contributed by atoms with Crippen molar-refractivity contribution in [3.8, 4) is 0 Å². The van der Waals surface area contributed by atoms with Gasteiger partial charge in [0.1, 0.15) is 0 Å². The van der Waals surface area contributed by atoms with Gasteiger partial charge in [0.25, 0.3) is 0 Å². The minimum atomic E-state index is 0.282. The highest BCUT2D eigenvalue weighted by Crippen LogP contribution is 2.28. The molecule has 1 aliphatic rings. The lowest BCUT2D eigenvalue weighted by Gasteiger charge is -2.28. The zero-order chi connectivity index (χ0) is 10.7. The van der Waals surface area contributed by atoms with Crippen LogP contribution in [0.15, 0.2) is 12.1 Å². The van der Waals surface area contributed by atoms with Crippen molar-refractivity contribution in [3.63, 3.8) is 0 Å². The Labute approximate surface area is 101 Å². The molecule has 0 bridgehead atoms. The molecular formula is C12H18ClNS. The van der Waals surface area contributed by atoms with Crippen molar-refractivity contribution in [2.24, 2.45) is 0 Å². The maximum absolute atomic E-state index is 5.95. The molecule has 1 unspecified atom stereocenters. The molecule has 2 rings (SSSR count). The summed E-state index contributed by atoms with van der Waals surface area (Å²) in [4.78, 5) is 1.40. The van der Waals surface area contributed by atoms with Gasteiger partial charge in [-0.2, -0.15) is 0 Å². The number of halogens is 1. The van der Waals surface area contributed by atoms with Gasteiger partial charge in [-0.15, -0.1) is 11.3 Å². The van der Waals surface area contributed by atoms with E-state index in [0.717, 1.165) is 17.3 Å². The van der Waals surface area contributed by atoms with Gasteiger partial charge in [0.05, 0.1) is 4.34 Å². The van der Waals surface area contributed by atoms with Crippen molar-refractivity contribution < 1.29 is 0 Å². The van der Waals surface area contributed by atoms with Crippen LogP contribution >= 0.6 is 22.9 Å². The molecule has 1 aromatic heterocycles. The summed E-state index contributed by atoms with van der Waals surface area (Å²) in [5.41, 5.74) is 0.282. The first-order valence-electron chi connectivity index (χ1n) is 5.67. The van der Waals surface area contributed by atoms with E-state index in [2.05, 4.69) is 18.3 Å². The minimum Gasteiger partial charge on any atom is -0.311 e. The molecule has 1 aromatic rings. The Bertz CT molecular complexity index is 313. The molecule has 2 heterocycles. The van der Waals surface area contributed by atoms with E-state index >= 15 is 0 Å². The molecule has 0 aliphatic carbocycles. The maximum atomic E-state index is 5.95. The van der Waals surface area contributed by atoms with Crippen molar-refractivity contribution in [1.82, 2.24) is 5.32 Å². The van der Waals surface area contributed by atoms with Gasteiger partial charge in [-0.3, -0.25) is 0 Å². The van der Waals surface area contributed by atoms with E-state index in [9.17, 15) is 0 Å². The summed E-state index contributed by atoms with van der Waals surface area (Å²) in [5.74, 6) is 0. The fraction of sp³-hybridized carbons (Fsp3) is 0.667. The molecule has 84 valence electrons. The zero-order valence-corrected chi connectivity index (χ0v) is 10.8. The van der Waals surface area contributed by atoms with Crippen LogP contribution in [0.2, 0.25) is 4.34 Å². The first-order chi connectivity index (χ1) is 7.18. The average molecular weight is 244 g/mol. The Kier molecular flexibility index (Phi) is 3.70. The van der Waals surface area contributed by atoms with Gasteiger partial charge < -0.3 is 5.32 Å². The molecule has 0 spiro atoms. The minimum absolute atomic E-state index is 0.282. The Morgan fingerprint density at radius 1 is 1.40 bits per heavy atom. The summed E-state index contributed by atoms with van der Waals surface area (Å²) in [5, 5.41) is 3.68. The van der Waals surface area contributed by atoms with Gasteiger partial charge in [-0.1, -0.05) is 24.4 Å². The molecular weight excluding hydrogens is 226 g/mol. The summed E-state index contributed by atoms with van der Waals surface area (Å²) >= 11 is 7.67. The van der Waals surface area contributed by atoms with E-state index in [0.29, 0.717) is 0 Å². The van der Waals surface area contributed by atoms with Crippen LogP contribution in [0, 0.1) is 0 Å². The highest BCUT2D eigenvalue weighted by Gasteiger charge is 2.25. The highest BCUT2D eigenvalue weighted by molar-refractivity contribution is 7.16. The molecule has 1 saturated heterocycles. The van der Waals surface area contributed by atoms with Gasteiger partial charge in [0, 0.05) is 10.4 Å². The lowest BCUT2D eigenvalue weighted by atomic mass is 9.91. The zero-order valence-electron chi connectivity index (χ0n) is 9.18. The summed E-state index contributed by atoms with van der Waals surface area (Å²) in [6.45, 7) is 3.50. The number of hydrogen-bond acceptors (Lipinski definition) is 2. The van der Waals surface area contributed by atoms with Gasteiger partial charge >= 0.3 is 0 Å². The van der Waals surface area contributed by atoms with Crippen molar-refractivity contribution >= 4 is 22.9 Å². The summed E-state index contributed by atoms with van der Waals surface area (Å²) in [7, 11) is 0. The third-order valence-corrected chi connectivity index (χ3v) is 4.38. The number of hydrogen-bond donors (Lipinski definition) is 1. The molecule has 1 aliphatic heterocycles. The fourth-order valence-electron chi connectivity index (χ4n) is 2.28. The Morgan fingerprint density at radius 2 is 2.27 bits per heavy atom. The average Bonchev–Trinajstić information content (AvgIpc) is 2.46. The van der Waals surface area contributed by atoms with E-state index < -0.39 is 0 Å². The first-order valence-corrected chi connectivity index (χ1v) is 6.87. The van der Waals surface area contributed by atoms with E-state index in [-0.39, 0.29) is 5.54 Å². The topological polar surface area (TPSA) is 12.0 Å². The summed E-state index contributed by atoms with van der Waals surface area (Å²) in [6, 6.07) is 4.16. The van der Waals surface area contributed by atoms with Crippen LogP contribution < -0.4 is 5.32 Å². The number of thiophene rings is 1. The summed E-state index contributed by atoms with van der Waals surface area (Å²) in [6.07, 6.45) is 6.43. The van der Waals surface area contributed by atoms with Gasteiger partial charge in [-0.05, 0) is 44.9 Å². The van der Waals surface area contributed by atoms with E-state index in [4.69, 9.17) is 11.6 Å². The number of nitrogens with one attached hydrogen (secondary N) is 1. The Morgan fingerprint density at radius 3 is 3.00 bits per heavy atom. The van der Waals surface area contributed by atoms with Crippen molar-refractivity contribution in [2.75, 3.05) is 6.54 Å². The Hall–Kier alpha value is -0.0500. The molecule has 15 heavy (non-hydrogen) atoms. The predicted octanol–water partition coefficient (Wildman–Crippen LogP) is 3.87. The molecule has 1 fully saturated rings. The molecule has 0 saturated carbocycles. The third kappa shape index (κ3) is 3.20. The lowest BCUT2D eigenvalue weighted by Crippen LogP contribution is -2.43. The Balaban J connectivity index is 2.02. The third-order valence-electron chi connectivity index (χ3n) is 3.15. The molecule has 0 aromatic carbocycles. The van der Waals surface area contributed by atoms with Crippen LogP contribution in [0.1, 0.15) is 37.5 Å². The SMILES string of the molecule is CC1(Cc2ccc(Cl)s2)CCCCCN1. The number of rotatable bonds is 2. The second kappa shape index (κ2) is 4.86. The second-order valence-electron chi connectivity index (χ2n) is 4.68. The van der Waals surface area contributed by atoms with Crippen LogP contribution in [-0.2, 0) is 6.42 Å². The normalized spacial score (nSPS) is 27.6. The first kappa shape index (κ1) is 11.4. The second-order valence-corrected chi connectivity index (χ2v) is 6.48. The van der Waals surface area contributed by atoms with Crippen LogP contribution in [0.5, 0.6) is 0 Å². The maximum Gasteiger partial charge on any atom is 0.0931 e. The van der Waals surface area contributed by atoms with Gasteiger partial charge in [0.15, 0.2) is 0 Å². The quantitative estimate of drug-likeness (QED) is 0.832.